The van der Waals surface area contributed by atoms with Crippen LogP contribution in [0.4, 0.5) is 22.1 Å². The third-order valence-corrected chi connectivity index (χ3v) is 3.59. The van der Waals surface area contributed by atoms with Gasteiger partial charge < -0.3 is 15.5 Å². The first-order valence-electron chi connectivity index (χ1n) is 7.42. The zero-order valence-electron chi connectivity index (χ0n) is 12.5. The summed E-state index contributed by atoms with van der Waals surface area (Å²) in [5.74, 6) is 0.724. The number of urea groups is 1. The summed E-state index contributed by atoms with van der Waals surface area (Å²) >= 11 is 0. The van der Waals surface area contributed by atoms with E-state index in [0.29, 0.717) is 5.69 Å². The number of amides is 2. The van der Waals surface area contributed by atoms with Crippen molar-refractivity contribution in [2.75, 3.05) is 28.6 Å². The first kappa shape index (κ1) is 14.3. The van der Waals surface area contributed by atoms with Crippen LogP contribution in [-0.2, 0) is 0 Å². The normalized spacial score (nSPS) is 14.0. The Morgan fingerprint density at radius 1 is 1.00 bits per heavy atom. The topological polar surface area (TPSA) is 70.2 Å². The molecular formula is C16H19N5O. The van der Waals surface area contributed by atoms with Gasteiger partial charge in [-0.2, -0.15) is 0 Å². The number of nitrogens with one attached hydrogen (secondary N) is 2. The lowest BCUT2D eigenvalue weighted by atomic mass is 10.2. The minimum Gasteiger partial charge on any atom is -0.341 e. The molecule has 6 heteroatoms. The quantitative estimate of drug-likeness (QED) is 0.913. The van der Waals surface area contributed by atoms with Gasteiger partial charge in [0.2, 0.25) is 5.95 Å². The van der Waals surface area contributed by atoms with Crippen LogP contribution in [0.2, 0.25) is 0 Å². The van der Waals surface area contributed by atoms with E-state index in [-0.39, 0.29) is 6.03 Å². The van der Waals surface area contributed by atoms with Crippen molar-refractivity contribution in [2.24, 2.45) is 0 Å². The van der Waals surface area contributed by atoms with Crippen molar-refractivity contribution in [3.05, 3.63) is 42.2 Å². The van der Waals surface area contributed by atoms with Crippen LogP contribution in [-0.4, -0.2) is 29.1 Å². The van der Waals surface area contributed by atoms with E-state index in [1.165, 1.54) is 12.8 Å². The third-order valence-electron chi connectivity index (χ3n) is 3.59. The molecule has 0 aliphatic carbocycles. The van der Waals surface area contributed by atoms with Crippen molar-refractivity contribution in [3.63, 3.8) is 0 Å². The molecule has 0 unspecified atom stereocenters. The van der Waals surface area contributed by atoms with Crippen LogP contribution in [0.5, 0.6) is 0 Å². The van der Waals surface area contributed by atoms with Crippen molar-refractivity contribution in [3.8, 4) is 0 Å². The standard InChI is InChI=1S/C16H19N5O/c1-12-4-6-13(7-5-12)19-16(22)20-14-10-17-15(18-11-14)21-8-2-3-9-21/h4-7,10-11H,2-3,8-9H2,1H3,(H2,19,20,22). The van der Waals surface area contributed by atoms with Gasteiger partial charge in [-0.15, -0.1) is 0 Å². The second-order valence-electron chi connectivity index (χ2n) is 5.41. The van der Waals surface area contributed by atoms with Gasteiger partial charge in [0.15, 0.2) is 0 Å². The Labute approximate surface area is 129 Å². The van der Waals surface area contributed by atoms with Crippen LogP contribution in [0.1, 0.15) is 18.4 Å². The summed E-state index contributed by atoms with van der Waals surface area (Å²) in [4.78, 5) is 22.7. The fourth-order valence-electron chi connectivity index (χ4n) is 2.40. The van der Waals surface area contributed by atoms with Gasteiger partial charge in [0.1, 0.15) is 0 Å². The fraction of sp³-hybridized carbons (Fsp3) is 0.312. The lowest BCUT2D eigenvalue weighted by molar-refractivity contribution is 0.262. The summed E-state index contributed by atoms with van der Waals surface area (Å²) in [7, 11) is 0. The SMILES string of the molecule is Cc1ccc(NC(=O)Nc2cnc(N3CCCC3)nc2)cc1. The summed E-state index contributed by atoms with van der Waals surface area (Å²) in [5, 5.41) is 5.50. The first-order chi connectivity index (χ1) is 10.7. The zero-order chi connectivity index (χ0) is 15.4. The smallest absolute Gasteiger partial charge is 0.323 e. The van der Waals surface area contributed by atoms with Crippen LogP contribution in [0.25, 0.3) is 0 Å². The number of benzene rings is 1. The molecule has 0 saturated carbocycles. The lowest BCUT2D eigenvalue weighted by Gasteiger charge is -2.14. The van der Waals surface area contributed by atoms with E-state index >= 15 is 0 Å². The van der Waals surface area contributed by atoms with Gasteiger partial charge in [-0.05, 0) is 31.9 Å². The Hall–Kier alpha value is -2.63. The number of hydrogen-bond acceptors (Lipinski definition) is 4. The average molecular weight is 297 g/mol. The Bertz CT molecular complexity index is 633. The van der Waals surface area contributed by atoms with Gasteiger partial charge in [0.05, 0.1) is 18.1 Å². The number of aromatic nitrogens is 2. The molecule has 114 valence electrons. The van der Waals surface area contributed by atoms with Crippen molar-refractivity contribution < 1.29 is 4.79 Å². The van der Waals surface area contributed by atoms with Crippen molar-refractivity contribution in [2.45, 2.75) is 19.8 Å². The summed E-state index contributed by atoms with van der Waals surface area (Å²) < 4.78 is 0. The highest BCUT2D eigenvalue weighted by Gasteiger charge is 2.14. The molecule has 1 saturated heterocycles. The van der Waals surface area contributed by atoms with Gasteiger partial charge in [-0.3, -0.25) is 0 Å². The predicted octanol–water partition coefficient (Wildman–Crippen LogP) is 3.03. The van der Waals surface area contributed by atoms with Gasteiger partial charge in [-0.1, -0.05) is 17.7 Å². The third kappa shape index (κ3) is 3.52. The van der Waals surface area contributed by atoms with E-state index in [9.17, 15) is 4.79 Å². The summed E-state index contributed by atoms with van der Waals surface area (Å²) in [6.45, 7) is 4.00. The maximum absolute atomic E-state index is 11.9. The number of rotatable bonds is 3. The Morgan fingerprint density at radius 3 is 2.23 bits per heavy atom. The largest absolute Gasteiger partial charge is 0.341 e. The van der Waals surface area contributed by atoms with E-state index < -0.39 is 0 Å². The number of carbonyl (C=O) groups is 1. The highest BCUT2D eigenvalue weighted by Crippen LogP contribution is 2.16. The molecule has 2 amide bonds. The van der Waals surface area contributed by atoms with Crippen LogP contribution < -0.4 is 15.5 Å². The minimum absolute atomic E-state index is 0.304. The van der Waals surface area contributed by atoms with Crippen molar-refractivity contribution in [1.82, 2.24) is 9.97 Å². The molecule has 22 heavy (non-hydrogen) atoms. The number of aryl methyl sites for hydroxylation is 1. The van der Waals surface area contributed by atoms with Crippen LogP contribution in [0.15, 0.2) is 36.7 Å². The number of anilines is 3. The lowest BCUT2D eigenvalue weighted by Crippen LogP contribution is -2.22. The molecule has 1 aromatic carbocycles. The molecule has 1 aliphatic rings. The Morgan fingerprint density at radius 2 is 1.59 bits per heavy atom. The Kier molecular flexibility index (Phi) is 4.18. The highest BCUT2D eigenvalue weighted by atomic mass is 16.2. The molecular weight excluding hydrogens is 278 g/mol. The maximum atomic E-state index is 11.9. The maximum Gasteiger partial charge on any atom is 0.323 e. The number of nitrogens with zero attached hydrogens (tertiary/aromatic N) is 3. The van der Waals surface area contributed by atoms with Gasteiger partial charge in [0, 0.05) is 18.8 Å². The fourth-order valence-corrected chi connectivity index (χ4v) is 2.40. The average Bonchev–Trinajstić information content (AvgIpc) is 3.05. The molecule has 0 atom stereocenters. The monoisotopic (exact) mass is 297 g/mol. The zero-order valence-corrected chi connectivity index (χ0v) is 12.5. The van der Waals surface area contributed by atoms with Gasteiger partial charge in [-0.25, -0.2) is 14.8 Å². The highest BCUT2D eigenvalue weighted by molar-refractivity contribution is 5.99. The molecule has 1 aromatic heterocycles. The van der Waals surface area contributed by atoms with E-state index in [1.54, 1.807) is 12.4 Å². The molecule has 6 nitrogen and oxygen atoms in total. The number of carbonyl (C=O) groups excluding carboxylic acids is 1. The van der Waals surface area contributed by atoms with Gasteiger partial charge in [0.25, 0.3) is 0 Å². The minimum atomic E-state index is -0.304. The molecule has 3 rings (SSSR count). The molecule has 1 fully saturated rings. The van der Waals surface area contributed by atoms with Crippen molar-refractivity contribution in [1.29, 1.82) is 0 Å². The molecule has 2 N–H and O–H groups in total. The van der Waals surface area contributed by atoms with E-state index in [0.717, 1.165) is 30.3 Å². The van der Waals surface area contributed by atoms with Crippen LogP contribution >= 0.6 is 0 Å². The molecule has 1 aliphatic heterocycles. The number of hydrogen-bond donors (Lipinski definition) is 2. The molecule has 0 radical (unpaired) electrons. The summed E-state index contributed by atoms with van der Waals surface area (Å²) in [6.07, 6.45) is 5.63. The Balaban J connectivity index is 1.57. The summed E-state index contributed by atoms with van der Waals surface area (Å²) in [5.41, 5.74) is 2.47. The molecule has 0 bridgehead atoms. The van der Waals surface area contributed by atoms with E-state index in [2.05, 4.69) is 25.5 Å². The molecule has 0 spiro atoms. The summed E-state index contributed by atoms with van der Waals surface area (Å²) in [6, 6.07) is 7.32. The van der Waals surface area contributed by atoms with Gasteiger partial charge >= 0.3 is 6.03 Å². The molecule has 2 heterocycles. The second-order valence-corrected chi connectivity index (χ2v) is 5.41. The molecule has 2 aromatic rings. The van der Waals surface area contributed by atoms with Crippen LogP contribution in [0.3, 0.4) is 0 Å². The predicted molar refractivity (Wildman–Crippen MR) is 87.3 cm³/mol. The van der Waals surface area contributed by atoms with Crippen molar-refractivity contribution >= 4 is 23.4 Å². The van der Waals surface area contributed by atoms with E-state index in [4.69, 9.17) is 0 Å². The van der Waals surface area contributed by atoms with Crippen LogP contribution in [0, 0.1) is 6.92 Å². The second kappa shape index (κ2) is 6.43. The van der Waals surface area contributed by atoms with E-state index in [1.807, 2.05) is 31.2 Å². The first-order valence-corrected chi connectivity index (χ1v) is 7.42.